The molecule has 0 spiro atoms. The van der Waals surface area contributed by atoms with Crippen LogP contribution in [0.5, 0.6) is 0 Å². The molecule has 1 saturated heterocycles. The van der Waals surface area contributed by atoms with Gasteiger partial charge in [-0.15, -0.1) is 0 Å². The van der Waals surface area contributed by atoms with Gasteiger partial charge in [-0.05, 0) is 17.5 Å². The maximum absolute atomic E-state index is 12.6. The summed E-state index contributed by atoms with van der Waals surface area (Å²) >= 11 is 0. The van der Waals surface area contributed by atoms with Crippen LogP contribution in [0.4, 0.5) is 4.79 Å². The Bertz CT molecular complexity index is 608. The van der Waals surface area contributed by atoms with Crippen LogP contribution in [-0.2, 0) is 14.9 Å². The first-order valence-corrected chi connectivity index (χ1v) is 7.52. The molecule has 2 amide bonds. The second-order valence-electron chi connectivity index (χ2n) is 6.58. The van der Waals surface area contributed by atoms with Gasteiger partial charge in [0.15, 0.2) is 6.10 Å². The van der Waals surface area contributed by atoms with Gasteiger partial charge in [-0.2, -0.15) is 0 Å². The summed E-state index contributed by atoms with van der Waals surface area (Å²) in [5.41, 5.74) is 1.89. The van der Waals surface area contributed by atoms with Crippen LogP contribution in [0, 0.1) is 5.92 Å². The molecule has 0 bridgehead atoms. The summed E-state index contributed by atoms with van der Waals surface area (Å²) in [6.07, 6.45) is -0.123. The van der Waals surface area contributed by atoms with Crippen molar-refractivity contribution >= 4 is 12.0 Å². The highest BCUT2D eigenvalue weighted by Gasteiger charge is 2.59. The number of ether oxygens (including phenoxy) is 1. The molecule has 0 saturated carbocycles. The number of rotatable bonds is 2. The maximum atomic E-state index is 12.6. The lowest BCUT2D eigenvalue weighted by molar-refractivity contribution is -0.134. The summed E-state index contributed by atoms with van der Waals surface area (Å²) in [5, 5.41) is 0. The van der Waals surface area contributed by atoms with E-state index in [0.29, 0.717) is 6.42 Å². The van der Waals surface area contributed by atoms with Crippen LogP contribution in [0.3, 0.4) is 0 Å². The van der Waals surface area contributed by atoms with Crippen LogP contribution < -0.4 is 0 Å². The average Bonchev–Trinajstić information content (AvgIpc) is 2.92. The molecule has 112 valence electrons. The predicted molar refractivity (Wildman–Crippen MR) is 78.8 cm³/mol. The number of amides is 2. The molecule has 1 aliphatic heterocycles. The third kappa shape index (κ3) is 1.81. The maximum Gasteiger partial charge on any atom is 0.417 e. The Balaban J connectivity index is 2.06. The van der Waals surface area contributed by atoms with Crippen molar-refractivity contribution in [3.05, 3.63) is 35.4 Å². The second-order valence-corrected chi connectivity index (χ2v) is 6.58. The van der Waals surface area contributed by atoms with Crippen molar-refractivity contribution in [1.82, 2.24) is 4.90 Å². The molecule has 0 N–H and O–H groups in total. The Kier molecular flexibility index (Phi) is 3.08. The largest absolute Gasteiger partial charge is 0.439 e. The van der Waals surface area contributed by atoms with E-state index < -0.39 is 6.09 Å². The Labute approximate surface area is 125 Å². The fraction of sp³-hybridized carbons (Fsp3) is 0.529. The molecular weight excluding hydrogens is 266 g/mol. The average molecular weight is 287 g/mol. The van der Waals surface area contributed by atoms with Gasteiger partial charge in [0.05, 0.1) is 6.04 Å². The van der Waals surface area contributed by atoms with E-state index in [0.717, 1.165) is 11.1 Å². The highest BCUT2D eigenvalue weighted by atomic mass is 16.6. The van der Waals surface area contributed by atoms with E-state index in [1.54, 1.807) is 0 Å². The summed E-state index contributed by atoms with van der Waals surface area (Å²) in [6, 6.07) is 7.75. The molecule has 3 rings (SSSR count). The monoisotopic (exact) mass is 287 g/mol. The van der Waals surface area contributed by atoms with Crippen LogP contribution in [-0.4, -0.2) is 22.9 Å². The minimum Gasteiger partial charge on any atom is -0.439 e. The summed E-state index contributed by atoms with van der Waals surface area (Å²) < 4.78 is 5.54. The van der Waals surface area contributed by atoms with E-state index in [1.807, 2.05) is 32.0 Å². The van der Waals surface area contributed by atoms with Gasteiger partial charge in [0.2, 0.25) is 5.91 Å². The Morgan fingerprint density at radius 3 is 2.71 bits per heavy atom. The molecule has 2 aliphatic rings. The number of nitrogens with zero attached hydrogens (tertiary/aromatic N) is 1. The minimum atomic E-state index is -0.502. The fourth-order valence-electron chi connectivity index (χ4n) is 3.54. The summed E-state index contributed by atoms with van der Waals surface area (Å²) in [5.74, 6) is -0.299. The molecule has 1 aliphatic carbocycles. The molecule has 0 unspecified atom stereocenters. The zero-order valence-electron chi connectivity index (χ0n) is 12.9. The van der Waals surface area contributed by atoms with E-state index in [1.165, 1.54) is 4.90 Å². The lowest BCUT2D eigenvalue weighted by Crippen LogP contribution is -2.48. The molecule has 3 atom stereocenters. The minimum absolute atomic E-state index is 0.129. The van der Waals surface area contributed by atoms with E-state index in [4.69, 9.17) is 4.74 Å². The molecule has 0 radical (unpaired) electrons. The number of benzene rings is 1. The van der Waals surface area contributed by atoms with Crippen LogP contribution in [0.1, 0.15) is 51.3 Å². The molecule has 1 aromatic rings. The number of carbonyl (C=O) groups is 2. The van der Waals surface area contributed by atoms with Gasteiger partial charge < -0.3 is 4.74 Å². The number of fused-ring (bicyclic) bond motifs is 3. The van der Waals surface area contributed by atoms with E-state index in [9.17, 15) is 9.59 Å². The van der Waals surface area contributed by atoms with Crippen molar-refractivity contribution in [1.29, 1.82) is 0 Å². The van der Waals surface area contributed by atoms with Crippen molar-refractivity contribution in [2.45, 2.75) is 51.7 Å². The van der Waals surface area contributed by atoms with Gasteiger partial charge in [-0.1, -0.05) is 52.0 Å². The van der Waals surface area contributed by atoms with Crippen molar-refractivity contribution < 1.29 is 14.3 Å². The van der Waals surface area contributed by atoms with E-state index >= 15 is 0 Å². The number of carbonyl (C=O) groups excluding carboxylic acids is 2. The van der Waals surface area contributed by atoms with E-state index in [-0.39, 0.29) is 29.4 Å². The third-order valence-corrected chi connectivity index (χ3v) is 4.96. The van der Waals surface area contributed by atoms with Crippen LogP contribution in [0.15, 0.2) is 24.3 Å². The fourth-order valence-corrected chi connectivity index (χ4v) is 3.54. The summed E-state index contributed by atoms with van der Waals surface area (Å²) in [6.45, 7) is 7.97. The highest BCUT2D eigenvalue weighted by molar-refractivity contribution is 5.95. The van der Waals surface area contributed by atoms with Crippen molar-refractivity contribution in [2.75, 3.05) is 0 Å². The molecule has 1 aromatic carbocycles. The first-order valence-electron chi connectivity index (χ1n) is 7.52. The topological polar surface area (TPSA) is 46.6 Å². The Hall–Kier alpha value is -1.84. The first-order chi connectivity index (χ1) is 9.89. The SMILES string of the molecule is CC[C@@H](C)C(=O)N1C(=O)O[C@H]2c3ccccc3C(C)(C)[C@H]21. The molecule has 4 heteroatoms. The normalized spacial score (nSPS) is 27.0. The molecular formula is C17H21NO3. The van der Waals surface area contributed by atoms with Gasteiger partial charge in [0, 0.05) is 11.3 Å². The predicted octanol–water partition coefficient (Wildman–Crippen LogP) is 3.41. The zero-order valence-corrected chi connectivity index (χ0v) is 12.9. The Morgan fingerprint density at radius 2 is 2.05 bits per heavy atom. The van der Waals surface area contributed by atoms with Gasteiger partial charge >= 0.3 is 6.09 Å². The molecule has 0 aromatic heterocycles. The van der Waals surface area contributed by atoms with Crippen molar-refractivity contribution in [2.24, 2.45) is 5.92 Å². The highest BCUT2D eigenvalue weighted by Crippen LogP contribution is 2.52. The molecule has 1 heterocycles. The van der Waals surface area contributed by atoms with Crippen molar-refractivity contribution in [3.63, 3.8) is 0 Å². The van der Waals surface area contributed by atoms with Gasteiger partial charge in [-0.3, -0.25) is 4.79 Å². The van der Waals surface area contributed by atoms with Gasteiger partial charge in [0.1, 0.15) is 0 Å². The smallest absolute Gasteiger partial charge is 0.417 e. The number of imide groups is 1. The quantitative estimate of drug-likeness (QED) is 0.837. The molecule has 1 fully saturated rings. The third-order valence-electron chi connectivity index (χ3n) is 4.96. The zero-order chi connectivity index (χ0) is 15.4. The van der Waals surface area contributed by atoms with Crippen LogP contribution in [0.2, 0.25) is 0 Å². The summed E-state index contributed by atoms with van der Waals surface area (Å²) in [4.78, 5) is 26.2. The Morgan fingerprint density at radius 1 is 1.38 bits per heavy atom. The van der Waals surface area contributed by atoms with Crippen LogP contribution >= 0.6 is 0 Å². The molecule has 21 heavy (non-hydrogen) atoms. The number of hydrogen-bond acceptors (Lipinski definition) is 3. The van der Waals surface area contributed by atoms with Gasteiger partial charge in [-0.25, -0.2) is 9.69 Å². The van der Waals surface area contributed by atoms with Gasteiger partial charge in [0.25, 0.3) is 0 Å². The standard InChI is InChI=1S/C17H21NO3/c1-5-10(2)15(19)18-14-13(21-16(18)20)11-8-6-7-9-12(11)17(14,3)4/h6-10,13-14H,5H2,1-4H3/t10-,13+,14+/m1/s1. The van der Waals surface area contributed by atoms with Crippen LogP contribution in [0.25, 0.3) is 0 Å². The van der Waals surface area contributed by atoms with Crippen molar-refractivity contribution in [3.8, 4) is 0 Å². The summed E-state index contributed by atoms with van der Waals surface area (Å²) in [7, 11) is 0. The lowest BCUT2D eigenvalue weighted by Gasteiger charge is -2.32. The second kappa shape index (κ2) is 4.58. The molecule has 4 nitrogen and oxygen atoms in total. The first kappa shape index (κ1) is 14.1. The lowest BCUT2D eigenvalue weighted by atomic mass is 9.82. The number of hydrogen-bond donors (Lipinski definition) is 0. The van der Waals surface area contributed by atoms with E-state index in [2.05, 4.69) is 19.9 Å².